The highest BCUT2D eigenvalue weighted by atomic mass is 16.1. The zero-order chi connectivity index (χ0) is 12.3. The summed E-state index contributed by atoms with van der Waals surface area (Å²) in [6.07, 6.45) is 3.63. The molecule has 0 spiro atoms. The molecule has 0 atom stereocenters. The third kappa shape index (κ3) is 2.16. The van der Waals surface area contributed by atoms with Crippen molar-refractivity contribution >= 4 is 11.1 Å². The molecule has 88 valence electrons. The Labute approximate surface area is 96.0 Å². The van der Waals surface area contributed by atoms with Crippen LogP contribution in [-0.4, -0.2) is 0 Å². The molecular weight excluding hydrogens is 200 g/mol. The van der Waals surface area contributed by atoms with Gasteiger partial charge in [0.1, 0.15) is 0 Å². The second-order valence-electron chi connectivity index (χ2n) is 4.47. The lowest BCUT2D eigenvalue weighted by Gasteiger charge is -2.02. The number of rotatable bonds is 4. The van der Waals surface area contributed by atoms with Crippen molar-refractivity contribution in [3.8, 4) is 0 Å². The Morgan fingerprint density at radius 2 is 1.12 bits per heavy atom. The lowest BCUT2D eigenvalue weighted by molar-refractivity contribution is 0.944. The molecule has 1 aromatic rings. The SMILES string of the molecule is CCCC(C)=c1c(=O)c(=C(C)CCC)c1=O. The van der Waals surface area contributed by atoms with Crippen LogP contribution in [0.1, 0.15) is 53.4 Å². The smallest absolute Gasteiger partial charge is 0.200 e. The Morgan fingerprint density at radius 1 is 0.812 bits per heavy atom. The van der Waals surface area contributed by atoms with E-state index in [1.165, 1.54) is 0 Å². The lowest BCUT2D eigenvalue weighted by Crippen LogP contribution is -2.66. The highest BCUT2D eigenvalue weighted by Crippen LogP contribution is 2.01. The summed E-state index contributed by atoms with van der Waals surface area (Å²) in [5.41, 5.74) is 1.85. The van der Waals surface area contributed by atoms with Crippen molar-refractivity contribution in [3.05, 3.63) is 30.9 Å². The second kappa shape index (κ2) is 5.24. The highest BCUT2D eigenvalue weighted by Gasteiger charge is 2.12. The maximum Gasteiger partial charge on any atom is 0.200 e. The summed E-state index contributed by atoms with van der Waals surface area (Å²) in [5, 5.41) is 0.902. The summed E-state index contributed by atoms with van der Waals surface area (Å²) in [6.45, 7) is 7.88. The summed E-state index contributed by atoms with van der Waals surface area (Å²) in [7, 11) is 0. The minimum Gasteiger partial charge on any atom is -0.288 e. The molecule has 0 saturated carbocycles. The third-order valence-electron chi connectivity index (χ3n) is 3.01. The molecule has 0 aromatic heterocycles. The Kier molecular flexibility index (Phi) is 4.22. The Morgan fingerprint density at radius 3 is 1.38 bits per heavy atom. The van der Waals surface area contributed by atoms with Gasteiger partial charge in [-0.05, 0) is 26.7 Å². The van der Waals surface area contributed by atoms with E-state index in [4.69, 9.17) is 0 Å². The van der Waals surface area contributed by atoms with Crippen LogP contribution in [0.4, 0.5) is 0 Å². The van der Waals surface area contributed by atoms with Crippen LogP contribution in [0, 0.1) is 0 Å². The highest BCUT2D eigenvalue weighted by molar-refractivity contribution is 5.49. The molecule has 0 aliphatic rings. The van der Waals surface area contributed by atoms with Crippen LogP contribution in [0.2, 0.25) is 0 Å². The van der Waals surface area contributed by atoms with Gasteiger partial charge < -0.3 is 0 Å². The van der Waals surface area contributed by atoms with Gasteiger partial charge in [-0.1, -0.05) is 37.8 Å². The van der Waals surface area contributed by atoms with Crippen molar-refractivity contribution in [1.82, 2.24) is 0 Å². The standard InChI is InChI=1S/C14H20O2/c1-5-7-9(3)11-13(15)12(14(11)16)10(4)8-6-2/h5-8H2,1-4H3. The van der Waals surface area contributed by atoms with E-state index >= 15 is 0 Å². The molecule has 0 radical (unpaired) electrons. The molecule has 0 bridgehead atoms. The lowest BCUT2D eigenvalue weighted by atomic mass is 10.00. The molecule has 0 amide bonds. The molecule has 1 rings (SSSR count). The maximum atomic E-state index is 11.9. The summed E-state index contributed by atoms with van der Waals surface area (Å²) in [5.74, 6) is 0. The van der Waals surface area contributed by atoms with Crippen molar-refractivity contribution < 1.29 is 0 Å². The van der Waals surface area contributed by atoms with E-state index in [0.29, 0.717) is 10.4 Å². The average molecular weight is 220 g/mol. The molecule has 16 heavy (non-hydrogen) atoms. The molecule has 1 aromatic carbocycles. The fourth-order valence-electron chi connectivity index (χ4n) is 2.17. The van der Waals surface area contributed by atoms with E-state index in [-0.39, 0.29) is 10.9 Å². The molecule has 2 heteroatoms. The largest absolute Gasteiger partial charge is 0.288 e. The molecule has 0 unspecified atom stereocenters. The van der Waals surface area contributed by atoms with Crippen LogP contribution in [0.3, 0.4) is 0 Å². The zero-order valence-electron chi connectivity index (χ0n) is 10.6. The van der Waals surface area contributed by atoms with E-state index in [2.05, 4.69) is 13.8 Å². The van der Waals surface area contributed by atoms with Crippen molar-refractivity contribution in [2.45, 2.75) is 53.4 Å². The molecule has 0 fully saturated rings. The van der Waals surface area contributed by atoms with Gasteiger partial charge >= 0.3 is 0 Å². The van der Waals surface area contributed by atoms with Gasteiger partial charge in [0.25, 0.3) is 0 Å². The maximum absolute atomic E-state index is 11.9. The van der Waals surface area contributed by atoms with E-state index < -0.39 is 0 Å². The van der Waals surface area contributed by atoms with Crippen molar-refractivity contribution in [1.29, 1.82) is 0 Å². The van der Waals surface area contributed by atoms with Crippen LogP contribution in [-0.2, 0) is 0 Å². The first-order valence-corrected chi connectivity index (χ1v) is 6.03. The first kappa shape index (κ1) is 12.9. The minimum atomic E-state index is -0.0260. The summed E-state index contributed by atoms with van der Waals surface area (Å²) < 4.78 is 0. The number of hydrogen-bond acceptors (Lipinski definition) is 2. The van der Waals surface area contributed by atoms with Crippen molar-refractivity contribution in [3.63, 3.8) is 0 Å². The average Bonchev–Trinajstić information content (AvgIpc) is 2.18. The van der Waals surface area contributed by atoms with E-state index in [0.717, 1.165) is 36.8 Å². The normalized spacial score (nSPS) is 10.8. The first-order chi connectivity index (χ1) is 7.54. The molecule has 0 heterocycles. The van der Waals surface area contributed by atoms with Crippen molar-refractivity contribution in [2.24, 2.45) is 0 Å². The minimum absolute atomic E-state index is 0.0260. The monoisotopic (exact) mass is 220 g/mol. The first-order valence-electron chi connectivity index (χ1n) is 6.03. The van der Waals surface area contributed by atoms with Gasteiger partial charge in [-0.15, -0.1) is 0 Å². The fraction of sp³-hybridized carbons (Fsp3) is 0.571. The van der Waals surface area contributed by atoms with Gasteiger partial charge in [0.2, 0.25) is 10.9 Å². The van der Waals surface area contributed by atoms with Crippen LogP contribution >= 0.6 is 0 Å². The van der Waals surface area contributed by atoms with Gasteiger partial charge in [0, 0.05) is 0 Å². The quantitative estimate of drug-likeness (QED) is 0.764. The van der Waals surface area contributed by atoms with E-state index in [1.54, 1.807) is 0 Å². The van der Waals surface area contributed by atoms with Gasteiger partial charge in [0.05, 0.1) is 10.4 Å². The fourth-order valence-corrected chi connectivity index (χ4v) is 2.17. The molecular formula is C14H20O2. The Balaban J connectivity index is 3.41. The Bertz CT molecular complexity index is 476. The zero-order valence-corrected chi connectivity index (χ0v) is 10.6. The summed E-state index contributed by atoms with van der Waals surface area (Å²) >= 11 is 0. The van der Waals surface area contributed by atoms with Gasteiger partial charge in [-0.3, -0.25) is 9.59 Å². The van der Waals surface area contributed by atoms with Crippen LogP contribution < -0.4 is 21.3 Å². The summed E-state index contributed by atoms with van der Waals surface area (Å²) in [4.78, 5) is 23.7. The Hall–Kier alpha value is -1.18. The van der Waals surface area contributed by atoms with Gasteiger partial charge in [-0.25, -0.2) is 0 Å². The number of hydrogen-bond donors (Lipinski definition) is 0. The van der Waals surface area contributed by atoms with Crippen LogP contribution in [0.15, 0.2) is 9.59 Å². The molecule has 2 nitrogen and oxygen atoms in total. The summed E-state index contributed by atoms with van der Waals surface area (Å²) in [6, 6.07) is 0. The molecule has 0 N–H and O–H groups in total. The van der Waals surface area contributed by atoms with E-state index in [1.807, 2.05) is 13.8 Å². The van der Waals surface area contributed by atoms with Crippen molar-refractivity contribution in [2.75, 3.05) is 0 Å². The molecule has 0 aliphatic heterocycles. The second-order valence-corrected chi connectivity index (χ2v) is 4.47. The third-order valence-corrected chi connectivity index (χ3v) is 3.01. The predicted octanol–water partition coefficient (Wildman–Crippen LogP) is 1.22. The predicted molar refractivity (Wildman–Crippen MR) is 68.6 cm³/mol. The van der Waals surface area contributed by atoms with Gasteiger partial charge in [-0.2, -0.15) is 0 Å². The van der Waals surface area contributed by atoms with Crippen LogP contribution in [0.25, 0.3) is 11.1 Å². The van der Waals surface area contributed by atoms with Gasteiger partial charge in [0.15, 0.2) is 0 Å². The molecule has 0 saturated heterocycles. The van der Waals surface area contributed by atoms with Crippen LogP contribution in [0.5, 0.6) is 0 Å². The topological polar surface area (TPSA) is 34.1 Å². The molecule has 0 aliphatic carbocycles. The van der Waals surface area contributed by atoms with E-state index in [9.17, 15) is 9.59 Å².